The van der Waals surface area contributed by atoms with E-state index in [-0.39, 0.29) is 11.9 Å². The zero-order chi connectivity index (χ0) is 12.3. The maximum Gasteiger partial charge on any atom is 0.306 e. The highest BCUT2D eigenvalue weighted by Crippen LogP contribution is 2.21. The monoisotopic (exact) mass is 225 g/mol. The molecule has 0 heterocycles. The van der Waals surface area contributed by atoms with Crippen LogP contribution in [0.25, 0.3) is 0 Å². The first-order chi connectivity index (χ1) is 7.41. The Kier molecular flexibility index (Phi) is 4.01. The average Bonchev–Trinajstić information content (AvgIpc) is 2.21. The normalized spacial score (nSPS) is 14.5. The Balaban J connectivity index is 2.76. The Labute approximate surface area is 94.1 Å². The summed E-state index contributed by atoms with van der Waals surface area (Å²) in [5.41, 5.74) is 7.16. The van der Waals surface area contributed by atoms with Gasteiger partial charge in [-0.25, -0.2) is 4.39 Å². The van der Waals surface area contributed by atoms with Crippen LogP contribution in [0.5, 0.6) is 0 Å². The second kappa shape index (κ2) is 5.07. The molecule has 1 rings (SSSR count). The Morgan fingerprint density at radius 3 is 2.69 bits per heavy atom. The van der Waals surface area contributed by atoms with E-state index in [9.17, 15) is 9.18 Å². The van der Waals surface area contributed by atoms with Crippen molar-refractivity contribution in [2.24, 2.45) is 11.7 Å². The molecule has 0 aliphatic heterocycles. The molecule has 0 aromatic heterocycles. The van der Waals surface area contributed by atoms with Crippen molar-refractivity contribution in [3.05, 3.63) is 35.1 Å². The van der Waals surface area contributed by atoms with Gasteiger partial charge in [0.2, 0.25) is 0 Å². The summed E-state index contributed by atoms with van der Waals surface area (Å²) >= 11 is 0. The van der Waals surface area contributed by atoms with Crippen LogP contribution in [0.15, 0.2) is 18.2 Å². The van der Waals surface area contributed by atoms with E-state index < -0.39 is 11.9 Å². The Morgan fingerprint density at radius 1 is 1.56 bits per heavy atom. The molecule has 0 saturated heterocycles. The number of carbonyl (C=O) groups is 1. The number of carboxylic acids is 1. The molecule has 0 fully saturated rings. The van der Waals surface area contributed by atoms with Gasteiger partial charge in [0.05, 0.1) is 5.92 Å². The molecule has 1 aromatic rings. The van der Waals surface area contributed by atoms with Crippen LogP contribution < -0.4 is 5.73 Å². The fraction of sp³-hybridized carbons (Fsp3) is 0.417. The lowest BCUT2D eigenvalue weighted by Crippen LogP contribution is -2.19. The predicted molar refractivity (Wildman–Crippen MR) is 59.5 cm³/mol. The zero-order valence-electron chi connectivity index (χ0n) is 9.40. The van der Waals surface area contributed by atoms with Gasteiger partial charge in [0.1, 0.15) is 5.82 Å². The SMILES string of the molecule is Cc1cc(C(N)CC(C)C(=O)O)ccc1F. The van der Waals surface area contributed by atoms with E-state index in [0.29, 0.717) is 12.0 Å². The zero-order valence-corrected chi connectivity index (χ0v) is 9.40. The number of aryl methyl sites for hydroxylation is 1. The molecule has 0 amide bonds. The van der Waals surface area contributed by atoms with E-state index in [2.05, 4.69) is 0 Å². The van der Waals surface area contributed by atoms with E-state index in [1.165, 1.54) is 6.07 Å². The van der Waals surface area contributed by atoms with E-state index in [1.54, 1.807) is 26.0 Å². The van der Waals surface area contributed by atoms with Gasteiger partial charge in [-0.3, -0.25) is 4.79 Å². The molecule has 4 heteroatoms. The molecule has 2 atom stereocenters. The standard InChI is InChI=1S/C12H16FNO2/c1-7-5-9(3-4-10(7)13)11(14)6-8(2)12(15)16/h3-5,8,11H,6,14H2,1-2H3,(H,15,16). The highest BCUT2D eigenvalue weighted by molar-refractivity contribution is 5.69. The van der Waals surface area contributed by atoms with Crippen molar-refractivity contribution in [2.45, 2.75) is 26.3 Å². The smallest absolute Gasteiger partial charge is 0.306 e. The number of carboxylic acid groups (broad SMARTS) is 1. The van der Waals surface area contributed by atoms with Crippen LogP contribution in [0.4, 0.5) is 4.39 Å². The minimum atomic E-state index is -0.866. The maximum absolute atomic E-state index is 13.0. The van der Waals surface area contributed by atoms with Gasteiger partial charge in [0.25, 0.3) is 0 Å². The first-order valence-electron chi connectivity index (χ1n) is 5.16. The molecule has 0 radical (unpaired) electrons. The molecular weight excluding hydrogens is 209 g/mol. The number of rotatable bonds is 4. The second-order valence-corrected chi connectivity index (χ2v) is 4.09. The Morgan fingerprint density at radius 2 is 2.19 bits per heavy atom. The summed E-state index contributed by atoms with van der Waals surface area (Å²) in [6, 6.07) is 4.25. The third-order valence-corrected chi connectivity index (χ3v) is 2.64. The van der Waals surface area contributed by atoms with Crippen LogP contribution in [0.3, 0.4) is 0 Å². The first kappa shape index (κ1) is 12.6. The first-order valence-corrected chi connectivity index (χ1v) is 5.16. The van der Waals surface area contributed by atoms with Crippen molar-refractivity contribution in [3.8, 4) is 0 Å². The molecule has 16 heavy (non-hydrogen) atoms. The Bertz CT molecular complexity index is 393. The lowest BCUT2D eigenvalue weighted by Gasteiger charge is -2.15. The molecule has 0 aliphatic rings. The van der Waals surface area contributed by atoms with Crippen LogP contribution in [0.2, 0.25) is 0 Å². The highest BCUT2D eigenvalue weighted by atomic mass is 19.1. The van der Waals surface area contributed by atoms with E-state index in [1.807, 2.05) is 0 Å². The van der Waals surface area contributed by atoms with Gasteiger partial charge in [-0.1, -0.05) is 19.1 Å². The summed E-state index contributed by atoms with van der Waals surface area (Å²) in [6.45, 7) is 3.27. The van der Waals surface area contributed by atoms with Gasteiger partial charge in [0, 0.05) is 6.04 Å². The number of aliphatic carboxylic acids is 1. The van der Waals surface area contributed by atoms with Gasteiger partial charge in [0.15, 0.2) is 0 Å². The maximum atomic E-state index is 13.0. The number of hydrogen-bond acceptors (Lipinski definition) is 2. The minimum absolute atomic E-state index is 0.276. The summed E-state index contributed by atoms with van der Waals surface area (Å²) < 4.78 is 13.0. The van der Waals surface area contributed by atoms with E-state index in [4.69, 9.17) is 10.8 Å². The summed E-state index contributed by atoms with van der Waals surface area (Å²) in [6.07, 6.45) is 0.348. The molecule has 3 nitrogen and oxygen atoms in total. The van der Waals surface area contributed by atoms with Crippen LogP contribution in [0, 0.1) is 18.7 Å². The summed E-state index contributed by atoms with van der Waals surface area (Å²) in [4.78, 5) is 10.7. The van der Waals surface area contributed by atoms with Crippen molar-refractivity contribution < 1.29 is 14.3 Å². The van der Waals surface area contributed by atoms with Gasteiger partial charge < -0.3 is 10.8 Å². The summed E-state index contributed by atoms with van der Waals surface area (Å²) in [7, 11) is 0. The van der Waals surface area contributed by atoms with Gasteiger partial charge >= 0.3 is 5.97 Å². The highest BCUT2D eigenvalue weighted by Gasteiger charge is 2.17. The molecule has 0 spiro atoms. The summed E-state index contributed by atoms with van der Waals surface area (Å²) in [5.74, 6) is -1.64. The second-order valence-electron chi connectivity index (χ2n) is 4.09. The van der Waals surface area contributed by atoms with Crippen LogP contribution in [0.1, 0.15) is 30.5 Å². The number of hydrogen-bond donors (Lipinski definition) is 2. The molecule has 2 unspecified atom stereocenters. The lowest BCUT2D eigenvalue weighted by molar-refractivity contribution is -0.141. The van der Waals surface area contributed by atoms with Crippen molar-refractivity contribution in [1.29, 1.82) is 0 Å². The third-order valence-electron chi connectivity index (χ3n) is 2.64. The van der Waals surface area contributed by atoms with Gasteiger partial charge in [-0.15, -0.1) is 0 Å². The quantitative estimate of drug-likeness (QED) is 0.826. The van der Waals surface area contributed by atoms with Gasteiger partial charge in [-0.05, 0) is 30.5 Å². The number of benzene rings is 1. The van der Waals surface area contributed by atoms with Crippen LogP contribution >= 0.6 is 0 Å². The van der Waals surface area contributed by atoms with Crippen LogP contribution in [-0.2, 0) is 4.79 Å². The van der Waals surface area contributed by atoms with Crippen LogP contribution in [-0.4, -0.2) is 11.1 Å². The molecule has 0 bridgehead atoms. The number of halogens is 1. The third kappa shape index (κ3) is 3.03. The van der Waals surface area contributed by atoms with Crippen molar-refractivity contribution in [2.75, 3.05) is 0 Å². The average molecular weight is 225 g/mol. The molecule has 1 aromatic carbocycles. The number of nitrogens with two attached hydrogens (primary N) is 1. The lowest BCUT2D eigenvalue weighted by atomic mass is 9.95. The predicted octanol–water partition coefficient (Wildman–Crippen LogP) is 2.24. The van der Waals surface area contributed by atoms with Crippen molar-refractivity contribution in [1.82, 2.24) is 0 Å². The largest absolute Gasteiger partial charge is 0.481 e. The molecular formula is C12H16FNO2. The molecule has 3 N–H and O–H groups in total. The van der Waals surface area contributed by atoms with Crippen molar-refractivity contribution >= 4 is 5.97 Å². The minimum Gasteiger partial charge on any atom is -0.481 e. The van der Waals surface area contributed by atoms with Gasteiger partial charge in [-0.2, -0.15) is 0 Å². The van der Waals surface area contributed by atoms with E-state index >= 15 is 0 Å². The summed E-state index contributed by atoms with van der Waals surface area (Å²) in [5, 5.41) is 8.76. The fourth-order valence-electron chi connectivity index (χ4n) is 1.52. The van der Waals surface area contributed by atoms with Crippen molar-refractivity contribution in [3.63, 3.8) is 0 Å². The molecule has 88 valence electrons. The Hall–Kier alpha value is -1.42. The topological polar surface area (TPSA) is 63.3 Å². The van der Waals surface area contributed by atoms with E-state index in [0.717, 1.165) is 5.56 Å². The molecule has 0 aliphatic carbocycles. The molecule has 0 saturated carbocycles. The fourth-order valence-corrected chi connectivity index (χ4v) is 1.52.